The van der Waals surface area contributed by atoms with E-state index in [-0.39, 0.29) is 6.10 Å². The lowest BCUT2D eigenvalue weighted by Gasteiger charge is -2.27. The molecule has 1 atom stereocenters. The normalized spacial score (nSPS) is 30.7. The van der Waals surface area contributed by atoms with Crippen LogP contribution in [0, 0.1) is 0 Å². The van der Waals surface area contributed by atoms with Gasteiger partial charge >= 0.3 is 0 Å². The molecule has 0 aromatic heterocycles. The minimum atomic E-state index is 0.191. The van der Waals surface area contributed by atoms with Crippen LogP contribution in [0.2, 0.25) is 0 Å². The molecule has 1 heterocycles. The van der Waals surface area contributed by atoms with Gasteiger partial charge in [0.1, 0.15) is 0 Å². The Balaban J connectivity index is 2.23. The van der Waals surface area contributed by atoms with Crippen molar-refractivity contribution in [1.29, 1.82) is 0 Å². The molecule has 0 aromatic carbocycles. The van der Waals surface area contributed by atoms with Crippen LogP contribution in [0.5, 0.6) is 0 Å². The number of nitrogens with two attached hydrogens (primary N) is 1. The molecule has 1 aliphatic rings. The third kappa shape index (κ3) is 2.14. The van der Waals surface area contributed by atoms with Gasteiger partial charge in [-0.05, 0) is 0 Å². The van der Waals surface area contributed by atoms with Gasteiger partial charge in [0.25, 0.3) is 0 Å². The van der Waals surface area contributed by atoms with Gasteiger partial charge in [0.05, 0.1) is 12.7 Å². The van der Waals surface area contributed by atoms with Crippen molar-refractivity contribution < 1.29 is 4.74 Å². The van der Waals surface area contributed by atoms with Crippen LogP contribution in [-0.2, 0) is 4.74 Å². The lowest BCUT2D eigenvalue weighted by atomic mass is 10.3. The maximum Gasteiger partial charge on any atom is 0.0833 e. The van der Waals surface area contributed by atoms with E-state index in [9.17, 15) is 0 Å². The second-order valence-corrected chi connectivity index (χ2v) is 2.71. The fourth-order valence-corrected chi connectivity index (χ4v) is 1.11. The smallest absolute Gasteiger partial charge is 0.0833 e. The molecule has 0 radical (unpaired) electrons. The second kappa shape index (κ2) is 3.41. The molecule has 4 heteroatoms. The van der Waals surface area contributed by atoms with Gasteiger partial charge in [-0.3, -0.25) is 0 Å². The fourth-order valence-electron chi connectivity index (χ4n) is 0.846. The van der Waals surface area contributed by atoms with Crippen molar-refractivity contribution >= 4 is 12.8 Å². The van der Waals surface area contributed by atoms with E-state index in [1.54, 1.807) is 0 Å². The molecule has 1 aliphatic heterocycles. The van der Waals surface area contributed by atoms with E-state index in [1.165, 1.54) is 0 Å². The van der Waals surface area contributed by atoms with E-state index in [0.29, 0.717) is 6.54 Å². The standard InChI is InChI=1S/C5H12N2OS/c6-3-5-4-7(9)1-2-8-5/h5,9H,1-4,6H2. The Morgan fingerprint density at radius 1 is 1.78 bits per heavy atom. The summed E-state index contributed by atoms with van der Waals surface area (Å²) < 4.78 is 7.21. The monoisotopic (exact) mass is 148 g/mol. The second-order valence-electron chi connectivity index (χ2n) is 2.14. The quantitative estimate of drug-likeness (QED) is 0.492. The fraction of sp³-hybridized carbons (Fsp3) is 1.00. The number of hydrogen-bond donors (Lipinski definition) is 2. The minimum absolute atomic E-state index is 0.191. The van der Waals surface area contributed by atoms with Crippen LogP contribution in [0.15, 0.2) is 0 Å². The van der Waals surface area contributed by atoms with Crippen molar-refractivity contribution in [2.24, 2.45) is 5.73 Å². The molecule has 2 N–H and O–H groups in total. The Kier molecular flexibility index (Phi) is 2.78. The zero-order chi connectivity index (χ0) is 6.69. The molecule has 0 aromatic rings. The predicted molar refractivity (Wildman–Crippen MR) is 39.4 cm³/mol. The van der Waals surface area contributed by atoms with Gasteiger partial charge in [-0.15, -0.1) is 0 Å². The zero-order valence-electron chi connectivity index (χ0n) is 5.29. The molecule has 0 saturated carbocycles. The first-order valence-electron chi connectivity index (χ1n) is 3.08. The van der Waals surface area contributed by atoms with E-state index in [1.807, 2.05) is 4.31 Å². The molecule has 1 fully saturated rings. The van der Waals surface area contributed by atoms with Gasteiger partial charge in [-0.2, -0.15) is 0 Å². The Morgan fingerprint density at radius 3 is 3.00 bits per heavy atom. The molecule has 1 rings (SSSR count). The number of rotatable bonds is 1. The van der Waals surface area contributed by atoms with Crippen molar-refractivity contribution in [3.05, 3.63) is 0 Å². The highest BCUT2D eigenvalue weighted by atomic mass is 32.1. The first-order valence-corrected chi connectivity index (χ1v) is 3.48. The molecule has 0 aliphatic carbocycles. The molecular weight excluding hydrogens is 136 g/mol. The van der Waals surface area contributed by atoms with Crippen LogP contribution in [0.4, 0.5) is 0 Å². The van der Waals surface area contributed by atoms with Crippen LogP contribution in [0.3, 0.4) is 0 Å². The van der Waals surface area contributed by atoms with Gasteiger partial charge in [-0.25, -0.2) is 4.31 Å². The third-order valence-electron chi connectivity index (χ3n) is 1.38. The Morgan fingerprint density at radius 2 is 2.56 bits per heavy atom. The first-order chi connectivity index (χ1) is 4.33. The van der Waals surface area contributed by atoms with Crippen molar-refractivity contribution in [3.63, 3.8) is 0 Å². The highest BCUT2D eigenvalue weighted by Gasteiger charge is 2.15. The van der Waals surface area contributed by atoms with E-state index >= 15 is 0 Å². The molecule has 3 nitrogen and oxygen atoms in total. The lowest BCUT2D eigenvalue weighted by molar-refractivity contribution is 0.00831. The maximum atomic E-state index is 5.38. The summed E-state index contributed by atoms with van der Waals surface area (Å²) in [6.07, 6.45) is 0.191. The van der Waals surface area contributed by atoms with Crippen LogP contribution in [0.25, 0.3) is 0 Å². The van der Waals surface area contributed by atoms with E-state index in [4.69, 9.17) is 10.5 Å². The van der Waals surface area contributed by atoms with Gasteiger partial charge < -0.3 is 10.5 Å². The van der Waals surface area contributed by atoms with E-state index < -0.39 is 0 Å². The molecule has 9 heavy (non-hydrogen) atoms. The average Bonchev–Trinajstić information content (AvgIpc) is 1.88. The predicted octanol–water partition coefficient (Wildman–Crippen LogP) is -0.509. The van der Waals surface area contributed by atoms with Gasteiger partial charge in [-0.1, -0.05) is 12.8 Å². The van der Waals surface area contributed by atoms with Gasteiger partial charge in [0.2, 0.25) is 0 Å². The summed E-state index contributed by atoms with van der Waals surface area (Å²) in [7, 11) is 0. The van der Waals surface area contributed by atoms with Crippen molar-refractivity contribution in [2.75, 3.05) is 26.2 Å². The first kappa shape index (κ1) is 7.34. The van der Waals surface area contributed by atoms with Crippen molar-refractivity contribution in [2.45, 2.75) is 6.10 Å². The summed E-state index contributed by atoms with van der Waals surface area (Å²) in [6, 6.07) is 0. The Hall–Kier alpha value is 0.230. The molecule has 0 bridgehead atoms. The van der Waals surface area contributed by atoms with Crippen LogP contribution in [0.1, 0.15) is 0 Å². The SMILES string of the molecule is NCC1CN(S)CCO1. The van der Waals surface area contributed by atoms with Crippen LogP contribution < -0.4 is 5.73 Å². The zero-order valence-corrected chi connectivity index (χ0v) is 6.18. The number of morpholine rings is 1. The summed E-state index contributed by atoms with van der Waals surface area (Å²) in [4.78, 5) is 0. The number of hydrogen-bond acceptors (Lipinski definition) is 4. The summed E-state index contributed by atoms with van der Waals surface area (Å²) in [6.45, 7) is 3.10. The van der Waals surface area contributed by atoms with Crippen LogP contribution in [-0.4, -0.2) is 36.7 Å². The summed E-state index contributed by atoms with van der Waals surface area (Å²) in [5.41, 5.74) is 5.38. The van der Waals surface area contributed by atoms with Crippen LogP contribution >= 0.6 is 12.8 Å². The molecular formula is C5H12N2OS. The lowest BCUT2D eigenvalue weighted by Crippen LogP contribution is -2.41. The topological polar surface area (TPSA) is 38.5 Å². The maximum absolute atomic E-state index is 5.38. The highest BCUT2D eigenvalue weighted by molar-refractivity contribution is 7.77. The molecule has 1 unspecified atom stereocenters. The number of ether oxygens (including phenoxy) is 1. The highest BCUT2D eigenvalue weighted by Crippen LogP contribution is 2.04. The molecule has 0 spiro atoms. The number of thiol groups is 1. The summed E-state index contributed by atoms with van der Waals surface area (Å²) in [5.74, 6) is 0. The number of nitrogens with zero attached hydrogens (tertiary/aromatic N) is 1. The van der Waals surface area contributed by atoms with Crippen molar-refractivity contribution in [3.8, 4) is 0 Å². The van der Waals surface area contributed by atoms with Gasteiger partial charge in [0.15, 0.2) is 0 Å². The summed E-state index contributed by atoms with van der Waals surface area (Å²) >= 11 is 4.17. The molecule has 0 amide bonds. The molecule has 54 valence electrons. The van der Waals surface area contributed by atoms with E-state index in [2.05, 4.69) is 12.8 Å². The third-order valence-corrected chi connectivity index (χ3v) is 1.74. The van der Waals surface area contributed by atoms with Gasteiger partial charge in [0, 0.05) is 19.6 Å². The largest absolute Gasteiger partial charge is 0.374 e. The Labute approximate surface area is 60.7 Å². The Bertz CT molecular complexity index is 91.0. The van der Waals surface area contributed by atoms with Crippen molar-refractivity contribution in [1.82, 2.24) is 4.31 Å². The average molecular weight is 148 g/mol. The minimum Gasteiger partial charge on any atom is -0.374 e. The summed E-state index contributed by atoms with van der Waals surface area (Å²) in [5, 5.41) is 0. The molecule has 1 saturated heterocycles. The van der Waals surface area contributed by atoms with E-state index in [0.717, 1.165) is 19.7 Å².